The van der Waals surface area contributed by atoms with Crippen LogP contribution < -0.4 is 20.1 Å². The quantitative estimate of drug-likeness (QED) is 0.357. The van der Waals surface area contributed by atoms with Crippen molar-refractivity contribution in [2.45, 2.75) is 6.04 Å². The smallest absolute Gasteiger partial charge is 0.261 e. The van der Waals surface area contributed by atoms with Crippen LogP contribution in [0.1, 0.15) is 27.5 Å². The molecule has 1 aliphatic rings. The van der Waals surface area contributed by atoms with Gasteiger partial charge in [-0.15, -0.1) is 0 Å². The Labute approximate surface area is 207 Å². The molecule has 1 unspecified atom stereocenters. The second-order valence-electron chi connectivity index (χ2n) is 7.96. The lowest BCUT2D eigenvalue weighted by molar-refractivity contribution is 0.102. The van der Waals surface area contributed by atoms with Gasteiger partial charge >= 0.3 is 0 Å². The van der Waals surface area contributed by atoms with Crippen LogP contribution in [0.25, 0.3) is 5.70 Å². The molecule has 0 fully saturated rings. The Morgan fingerprint density at radius 2 is 1.57 bits per heavy atom. The molecule has 5 rings (SSSR count). The number of nitrogens with one attached hydrogen (secondary N) is 2. The fraction of sp³-hybridized carbons (Fsp3) is 0.111. The molecule has 0 saturated carbocycles. The van der Waals surface area contributed by atoms with Crippen molar-refractivity contribution < 1.29 is 14.3 Å². The molecule has 1 aliphatic heterocycles. The van der Waals surface area contributed by atoms with Gasteiger partial charge in [0, 0.05) is 16.4 Å². The number of ether oxygens (including phenoxy) is 2. The number of methoxy groups -OCH3 is 2. The summed E-state index contributed by atoms with van der Waals surface area (Å²) in [5.41, 5.74) is 3.90. The summed E-state index contributed by atoms with van der Waals surface area (Å²) in [4.78, 5) is 13.2. The van der Waals surface area contributed by atoms with Crippen LogP contribution in [0, 0.1) is 0 Å². The van der Waals surface area contributed by atoms with E-state index in [2.05, 4.69) is 21.8 Å². The highest BCUT2D eigenvalue weighted by Crippen LogP contribution is 2.36. The number of nitrogens with zero attached hydrogens (tertiary/aromatic N) is 2. The Hall–Kier alpha value is -4.23. The first-order valence-corrected chi connectivity index (χ1v) is 11.3. The summed E-state index contributed by atoms with van der Waals surface area (Å²) in [6, 6.07) is 22.3. The van der Waals surface area contributed by atoms with Gasteiger partial charge in [0.05, 0.1) is 26.5 Å². The molecular weight excluding hydrogens is 464 g/mol. The lowest BCUT2D eigenvalue weighted by Gasteiger charge is -2.26. The van der Waals surface area contributed by atoms with Gasteiger partial charge in [0.15, 0.2) is 0 Å². The summed E-state index contributed by atoms with van der Waals surface area (Å²) in [5, 5.41) is 11.5. The molecule has 7 nitrogen and oxygen atoms in total. The number of halogens is 1. The highest BCUT2D eigenvalue weighted by molar-refractivity contribution is 6.30. The van der Waals surface area contributed by atoms with E-state index in [1.54, 1.807) is 44.7 Å². The van der Waals surface area contributed by atoms with Crippen molar-refractivity contribution in [1.82, 2.24) is 9.78 Å². The third-order valence-electron chi connectivity index (χ3n) is 5.84. The second kappa shape index (κ2) is 9.56. The van der Waals surface area contributed by atoms with Gasteiger partial charge in [-0.3, -0.25) is 4.79 Å². The zero-order valence-electron chi connectivity index (χ0n) is 19.2. The van der Waals surface area contributed by atoms with Gasteiger partial charge in [0.2, 0.25) is 0 Å². The number of amides is 1. The molecule has 0 bridgehead atoms. The molecule has 2 heterocycles. The largest absolute Gasteiger partial charge is 0.497 e. The first-order chi connectivity index (χ1) is 17.1. The summed E-state index contributed by atoms with van der Waals surface area (Å²) in [7, 11) is 3.27. The van der Waals surface area contributed by atoms with E-state index in [1.807, 2.05) is 53.2 Å². The molecule has 2 N–H and O–H groups in total. The van der Waals surface area contributed by atoms with Crippen LogP contribution in [-0.2, 0) is 0 Å². The minimum absolute atomic E-state index is 0.230. The fourth-order valence-corrected chi connectivity index (χ4v) is 4.10. The molecule has 176 valence electrons. The second-order valence-corrected chi connectivity index (χ2v) is 8.40. The summed E-state index contributed by atoms with van der Waals surface area (Å²) in [6.07, 6.45) is 3.67. The number of carbonyl (C=O) groups excluding carboxylic acids is 1. The number of hydrogen-bond acceptors (Lipinski definition) is 5. The predicted molar refractivity (Wildman–Crippen MR) is 137 cm³/mol. The summed E-state index contributed by atoms with van der Waals surface area (Å²) >= 11 is 5.97. The Morgan fingerprint density at radius 1 is 0.943 bits per heavy atom. The molecule has 0 saturated heterocycles. The number of hydrogen-bond donors (Lipinski definition) is 2. The van der Waals surface area contributed by atoms with E-state index in [0.717, 1.165) is 28.3 Å². The van der Waals surface area contributed by atoms with Crippen LogP contribution in [0.5, 0.6) is 11.5 Å². The monoisotopic (exact) mass is 486 g/mol. The maximum absolute atomic E-state index is 13.2. The van der Waals surface area contributed by atoms with Crippen LogP contribution in [0.2, 0.25) is 5.02 Å². The standard InChI is InChI=1S/C27H23ClN4O3/c1-34-21-11-3-17(4-12-21)24-15-25(18-5-13-22(35-2)14-6-18)32-26(31-24)23(16-29-32)27(33)30-20-9-7-19(28)8-10-20/h3-16,25,31H,1-2H3,(H,30,33). The average molecular weight is 487 g/mol. The summed E-state index contributed by atoms with van der Waals surface area (Å²) in [6.45, 7) is 0. The van der Waals surface area contributed by atoms with Gasteiger partial charge in [-0.05, 0) is 77.9 Å². The Kier molecular flexibility index (Phi) is 6.16. The molecule has 3 aromatic carbocycles. The molecule has 0 spiro atoms. The number of fused-ring (bicyclic) bond motifs is 1. The van der Waals surface area contributed by atoms with E-state index in [4.69, 9.17) is 21.1 Å². The average Bonchev–Trinajstić information content (AvgIpc) is 3.34. The van der Waals surface area contributed by atoms with Gasteiger partial charge < -0.3 is 20.1 Å². The first kappa shape index (κ1) is 22.6. The number of aromatic nitrogens is 2. The molecule has 0 radical (unpaired) electrons. The van der Waals surface area contributed by atoms with Crippen LogP contribution >= 0.6 is 11.6 Å². The van der Waals surface area contributed by atoms with Crippen LogP contribution in [-0.4, -0.2) is 29.9 Å². The van der Waals surface area contributed by atoms with Crippen molar-refractivity contribution >= 4 is 34.7 Å². The molecule has 1 aromatic heterocycles. The van der Waals surface area contributed by atoms with Gasteiger partial charge in [-0.1, -0.05) is 23.7 Å². The van der Waals surface area contributed by atoms with E-state index < -0.39 is 0 Å². The third-order valence-corrected chi connectivity index (χ3v) is 6.09. The fourth-order valence-electron chi connectivity index (χ4n) is 3.97. The Bertz CT molecular complexity index is 1380. The Balaban J connectivity index is 1.53. The minimum atomic E-state index is -0.273. The van der Waals surface area contributed by atoms with E-state index in [1.165, 1.54) is 0 Å². The SMILES string of the molecule is COc1ccc(C2=CC(c3ccc(OC)cc3)n3ncc(C(=O)Nc4ccc(Cl)cc4)c3N2)cc1. The van der Waals surface area contributed by atoms with Gasteiger partial charge in [0.1, 0.15) is 22.9 Å². The van der Waals surface area contributed by atoms with Crippen LogP contribution in [0.15, 0.2) is 85.1 Å². The van der Waals surface area contributed by atoms with Crippen molar-refractivity contribution in [2.24, 2.45) is 0 Å². The van der Waals surface area contributed by atoms with E-state index >= 15 is 0 Å². The molecular formula is C27H23ClN4O3. The van der Waals surface area contributed by atoms with Crippen molar-refractivity contribution in [1.29, 1.82) is 0 Å². The van der Waals surface area contributed by atoms with E-state index in [-0.39, 0.29) is 11.9 Å². The van der Waals surface area contributed by atoms with E-state index in [0.29, 0.717) is 22.1 Å². The molecule has 8 heteroatoms. The number of benzene rings is 3. The molecule has 4 aromatic rings. The molecule has 0 aliphatic carbocycles. The molecule has 35 heavy (non-hydrogen) atoms. The number of rotatable bonds is 6. The van der Waals surface area contributed by atoms with Crippen molar-refractivity contribution in [3.63, 3.8) is 0 Å². The zero-order chi connectivity index (χ0) is 24.4. The summed E-state index contributed by atoms with van der Waals surface area (Å²) < 4.78 is 12.4. The predicted octanol–water partition coefficient (Wildman–Crippen LogP) is 5.86. The maximum Gasteiger partial charge on any atom is 0.261 e. The van der Waals surface area contributed by atoms with Crippen LogP contribution in [0.4, 0.5) is 11.5 Å². The molecule has 1 atom stereocenters. The van der Waals surface area contributed by atoms with Crippen molar-refractivity contribution in [2.75, 3.05) is 24.9 Å². The lowest BCUT2D eigenvalue weighted by Crippen LogP contribution is -2.22. The van der Waals surface area contributed by atoms with Crippen molar-refractivity contribution in [3.05, 3.63) is 107 Å². The first-order valence-electron chi connectivity index (χ1n) is 11.0. The lowest BCUT2D eigenvalue weighted by atomic mass is 10.0. The highest BCUT2D eigenvalue weighted by atomic mass is 35.5. The Morgan fingerprint density at radius 3 is 2.20 bits per heavy atom. The van der Waals surface area contributed by atoms with Crippen LogP contribution in [0.3, 0.4) is 0 Å². The minimum Gasteiger partial charge on any atom is -0.497 e. The van der Waals surface area contributed by atoms with Gasteiger partial charge in [0.25, 0.3) is 5.91 Å². The maximum atomic E-state index is 13.2. The normalized spacial score (nSPS) is 14.4. The number of carbonyl (C=O) groups is 1. The van der Waals surface area contributed by atoms with Gasteiger partial charge in [-0.2, -0.15) is 5.10 Å². The summed E-state index contributed by atoms with van der Waals surface area (Å²) in [5.74, 6) is 1.87. The number of anilines is 2. The van der Waals surface area contributed by atoms with Crippen molar-refractivity contribution in [3.8, 4) is 11.5 Å². The van der Waals surface area contributed by atoms with E-state index in [9.17, 15) is 4.79 Å². The number of allylic oxidation sites excluding steroid dienone is 1. The van der Waals surface area contributed by atoms with Gasteiger partial charge in [-0.25, -0.2) is 4.68 Å². The zero-order valence-corrected chi connectivity index (χ0v) is 19.9. The third kappa shape index (κ3) is 4.58. The highest BCUT2D eigenvalue weighted by Gasteiger charge is 2.28. The topological polar surface area (TPSA) is 77.4 Å². The molecule has 1 amide bonds.